The van der Waals surface area contributed by atoms with E-state index >= 15 is 0 Å². The number of rotatable bonds is 5. The van der Waals surface area contributed by atoms with Gasteiger partial charge in [0.25, 0.3) is 0 Å². The van der Waals surface area contributed by atoms with E-state index in [0.29, 0.717) is 19.1 Å². The molecule has 2 aliphatic rings. The van der Waals surface area contributed by atoms with Crippen molar-refractivity contribution in [2.24, 2.45) is 0 Å². The molecule has 5 heteroatoms. The number of hydrogen-bond acceptors (Lipinski definition) is 3. The van der Waals surface area contributed by atoms with E-state index in [1.807, 2.05) is 30.0 Å². The predicted octanol–water partition coefficient (Wildman–Crippen LogP) is 2.94. The Morgan fingerprint density at radius 1 is 1.29 bits per heavy atom. The summed E-state index contributed by atoms with van der Waals surface area (Å²) in [5.74, 6) is 1.80. The number of amides is 1. The number of carbonyl (C=O) groups is 1. The van der Waals surface area contributed by atoms with E-state index in [9.17, 15) is 4.79 Å². The fourth-order valence-electron chi connectivity index (χ4n) is 3.69. The zero-order valence-corrected chi connectivity index (χ0v) is 14.3. The van der Waals surface area contributed by atoms with Gasteiger partial charge in [-0.3, -0.25) is 4.79 Å². The first kappa shape index (κ1) is 15.6. The van der Waals surface area contributed by atoms with Crippen LogP contribution >= 0.6 is 0 Å². The van der Waals surface area contributed by atoms with Crippen molar-refractivity contribution < 1.29 is 9.53 Å². The van der Waals surface area contributed by atoms with Gasteiger partial charge >= 0.3 is 0 Å². The molecule has 24 heavy (non-hydrogen) atoms. The van der Waals surface area contributed by atoms with Gasteiger partial charge in [0.1, 0.15) is 12.4 Å². The lowest BCUT2D eigenvalue weighted by Crippen LogP contribution is -2.44. The van der Waals surface area contributed by atoms with Crippen molar-refractivity contribution in [2.75, 3.05) is 19.7 Å². The summed E-state index contributed by atoms with van der Waals surface area (Å²) in [4.78, 5) is 19.6. The highest BCUT2D eigenvalue weighted by Crippen LogP contribution is 2.40. The highest BCUT2D eigenvalue weighted by Gasteiger charge is 2.31. The van der Waals surface area contributed by atoms with E-state index in [0.717, 1.165) is 42.8 Å². The SMILES string of the molecule is CCO[C@H]1CCCN(C(=O)Cn2c(C3CC3)nc3ccccc32)C1. The van der Waals surface area contributed by atoms with Gasteiger partial charge in [-0.05, 0) is 44.7 Å². The number of fused-ring (bicyclic) bond motifs is 1. The molecular weight excluding hydrogens is 302 g/mol. The molecule has 5 nitrogen and oxygen atoms in total. The molecule has 1 aromatic heterocycles. The quantitative estimate of drug-likeness (QED) is 0.848. The largest absolute Gasteiger partial charge is 0.377 e. The lowest BCUT2D eigenvalue weighted by Gasteiger charge is -2.32. The van der Waals surface area contributed by atoms with Crippen LogP contribution in [0.25, 0.3) is 11.0 Å². The Hall–Kier alpha value is -1.88. The van der Waals surface area contributed by atoms with Crippen LogP contribution in [0.2, 0.25) is 0 Å². The van der Waals surface area contributed by atoms with Gasteiger partial charge in [-0.25, -0.2) is 4.98 Å². The van der Waals surface area contributed by atoms with Crippen LogP contribution in [-0.2, 0) is 16.1 Å². The molecule has 0 unspecified atom stereocenters. The maximum atomic E-state index is 12.9. The molecule has 1 aliphatic carbocycles. The van der Waals surface area contributed by atoms with Crippen molar-refractivity contribution in [2.45, 2.75) is 51.2 Å². The lowest BCUT2D eigenvalue weighted by molar-refractivity contribution is -0.135. The smallest absolute Gasteiger partial charge is 0.242 e. The summed E-state index contributed by atoms with van der Waals surface area (Å²) in [5.41, 5.74) is 2.07. The molecule has 2 fully saturated rings. The zero-order valence-electron chi connectivity index (χ0n) is 14.3. The van der Waals surface area contributed by atoms with Gasteiger partial charge in [-0.15, -0.1) is 0 Å². The molecule has 2 aromatic rings. The van der Waals surface area contributed by atoms with E-state index in [2.05, 4.69) is 10.6 Å². The third-order valence-electron chi connectivity index (χ3n) is 5.05. The number of carbonyl (C=O) groups excluding carboxylic acids is 1. The number of hydrogen-bond donors (Lipinski definition) is 0. The third-order valence-corrected chi connectivity index (χ3v) is 5.05. The van der Waals surface area contributed by atoms with Gasteiger partial charge in [-0.2, -0.15) is 0 Å². The Morgan fingerprint density at radius 3 is 2.92 bits per heavy atom. The minimum absolute atomic E-state index is 0.185. The number of para-hydroxylation sites is 2. The first-order chi connectivity index (χ1) is 11.8. The molecular formula is C19H25N3O2. The second-order valence-electron chi connectivity index (χ2n) is 6.88. The van der Waals surface area contributed by atoms with Gasteiger partial charge in [-0.1, -0.05) is 12.1 Å². The van der Waals surface area contributed by atoms with Gasteiger partial charge in [0.05, 0.1) is 17.1 Å². The Balaban J connectivity index is 1.55. The normalized spacial score (nSPS) is 21.4. The van der Waals surface area contributed by atoms with Crippen LogP contribution in [0.4, 0.5) is 0 Å². The molecule has 0 bridgehead atoms. The molecule has 1 amide bonds. The molecule has 0 N–H and O–H groups in total. The molecule has 1 aliphatic heterocycles. The number of likely N-dealkylation sites (tertiary alicyclic amines) is 1. The first-order valence-electron chi connectivity index (χ1n) is 9.10. The Morgan fingerprint density at radius 2 is 2.12 bits per heavy atom. The van der Waals surface area contributed by atoms with Crippen LogP contribution in [0, 0.1) is 0 Å². The van der Waals surface area contributed by atoms with E-state index in [4.69, 9.17) is 9.72 Å². The van der Waals surface area contributed by atoms with Crippen LogP contribution in [-0.4, -0.2) is 46.2 Å². The van der Waals surface area contributed by atoms with E-state index < -0.39 is 0 Å². The van der Waals surface area contributed by atoms with E-state index in [1.165, 1.54) is 12.8 Å². The van der Waals surface area contributed by atoms with E-state index in [1.54, 1.807) is 0 Å². The summed E-state index contributed by atoms with van der Waals surface area (Å²) in [6.45, 7) is 4.68. The van der Waals surface area contributed by atoms with E-state index in [-0.39, 0.29) is 12.0 Å². The fraction of sp³-hybridized carbons (Fsp3) is 0.579. The number of imidazole rings is 1. The third kappa shape index (κ3) is 3.05. The second-order valence-corrected chi connectivity index (χ2v) is 6.88. The summed E-state index contributed by atoms with van der Waals surface area (Å²) in [7, 11) is 0. The number of piperidine rings is 1. The zero-order chi connectivity index (χ0) is 16.5. The number of aromatic nitrogens is 2. The number of nitrogens with zero attached hydrogens (tertiary/aromatic N) is 3. The van der Waals surface area contributed by atoms with Gasteiger partial charge in [0.15, 0.2) is 0 Å². The number of benzene rings is 1. The first-order valence-corrected chi connectivity index (χ1v) is 9.10. The predicted molar refractivity (Wildman–Crippen MR) is 92.9 cm³/mol. The van der Waals surface area contributed by atoms with Crippen molar-refractivity contribution in [3.05, 3.63) is 30.1 Å². The van der Waals surface area contributed by atoms with Gasteiger partial charge in [0, 0.05) is 25.6 Å². The summed E-state index contributed by atoms with van der Waals surface area (Å²) in [6, 6.07) is 8.14. The minimum Gasteiger partial charge on any atom is -0.377 e. The van der Waals surface area contributed by atoms with Crippen molar-refractivity contribution in [1.29, 1.82) is 0 Å². The molecule has 1 saturated carbocycles. The highest BCUT2D eigenvalue weighted by molar-refractivity contribution is 5.81. The Kier molecular flexibility index (Phi) is 4.27. The van der Waals surface area contributed by atoms with Crippen LogP contribution in [0.3, 0.4) is 0 Å². The minimum atomic E-state index is 0.185. The summed E-state index contributed by atoms with van der Waals surface area (Å²) < 4.78 is 7.87. The van der Waals surface area contributed by atoms with Crippen molar-refractivity contribution in [3.8, 4) is 0 Å². The van der Waals surface area contributed by atoms with Gasteiger partial charge in [0.2, 0.25) is 5.91 Å². The molecule has 4 rings (SSSR count). The fourth-order valence-corrected chi connectivity index (χ4v) is 3.69. The van der Waals surface area contributed by atoms with Crippen LogP contribution < -0.4 is 0 Å². The molecule has 128 valence electrons. The van der Waals surface area contributed by atoms with Crippen LogP contribution in [0.15, 0.2) is 24.3 Å². The molecule has 1 aromatic carbocycles. The lowest BCUT2D eigenvalue weighted by atomic mass is 10.1. The van der Waals surface area contributed by atoms with Crippen LogP contribution in [0.1, 0.15) is 44.3 Å². The van der Waals surface area contributed by atoms with Gasteiger partial charge < -0.3 is 14.2 Å². The van der Waals surface area contributed by atoms with Crippen molar-refractivity contribution in [1.82, 2.24) is 14.5 Å². The summed E-state index contributed by atoms with van der Waals surface area (Å²) >= 11 is 0. The maximum Gasteiger partial charge on any atom is 0.242 e. The highest BCUT2D eigenvalue weighted by atomic mass is 16.5. The average molecular weight is 327 g/mol. The van der Waals surface area contributed by atoms with Crippen LogP contribution in [0.5, 0.6) is 0 Å². The molecule has 0 spiro atoms. The molecule has 2 heterocycles. The standard InChI is InChI=1S/C19H25N3O2/c1-2-24-15-6-5-11-21(12-15)18(23)13-22-17-8-4-3-7-16(17)20-19(22)14-9-10-14/h3-4,7-8,14-15H,2,5-6,9-13H2,1H3/t15-/m0/s1. The number of ether oxygens (including phenoxy) is 1. The summed E-state index contributed by atoms with van der Waals surface area (Å²) in [5, 5.41) is 0. The average Bonchev–Trinajstić information content (AvgIpc) is 3.39. The molecule has 1 atom stereocenters. The second kappa shape index (κ2) is 6.55. The van der Waals surface area contributed by atoms with Crippen molar-refractivity contribution in [3.63, 3.8) is 0 Å². The summed E-state index contributed by atoms with van der Waals surface area (Å²) in [6.07, 6.45) is 4.65. The monoisotopic (exact) mass is 327 g/mol. The Labute approximate surface area is 142 Å². The molecule has 0 radical (unpaired) electrons. The van der Waals surface area contributed by atoms with Crippen molar-refractivity contribution >= 4 is 16.9 Å². The Bertz CT molecular complexity index is 733. The maximum absolute atomic E-state index is 12.9. The topological polar surface area (TPSA) is 47.4 Å². The molecule has 1 saturated heterocycles.